The molecule has 40 heavy (non-hydrogen) atoms. The number of nitrogens with zero attached hydrogens (tertiary/aromatic N) is 2. The van der Waals surface area contributed by atoms with Crippen molar-refractivity contribution in [2.75, 3.05) is 13.2 Å². The van der Waals surface area contributed by atoms with Crippen molar-refractivity contribution in [3.63, 3.8) is 0 Å². The number of nitrogens with one attached hydrogen (secondary N) is 1. The molecule has 5 aromatic rings. The maximum absolute atomic E-state index is 13.3. The molecule has 2 aromatic heterocycles. The molecule has 0 spiro atoms. The van der Waals surface area contributed by atoms with E-state index in [0.717, 1.165) is 0 Å². The Morgan fingerprint density at radius 2 is 1.75 bits per heavy atom. The largest absolute Gasteiger partial charge is 0.611 e. The molecule has 0 aliphatic rings. The molecule has 1 unspecified atom stereocenters. The summed E-state index contributed by atoms with van der Waals surface area (Å²) in [5, 5.41) is 6.67. The number of halogens is 4. The summed E-state index contributed by atoms with van der Waals surface area (Å²) in [6.45, 7) is 0.167. The van der Waals surface area contributed by atoms with Gasteiger partial charge >= 0.3 is 12.1 Å². The van der Waals surface area contributed by atoms with E-state index in [2.05, 4.69) is 20.0 Å². The van der Waals surface area contributed by atoms with Gasteiger partial charge in [0.05, 0.1) is 12.1 Å². The van der Waals surface area contributed by atoms with Gasteiger partial charge in [0.1, 0.15) is 29.5 Å². The van der Waals surface area contributed by atoms with Crippen LogP contribution in [0.4, 0.5) is 17.6 Å². The molecule has 0 bridgehead atoms. The van der Waals surface area contributed by atoms with Crippen LogP contribution in [0.2, 0.25) is 0 Å². The Kier molecular flexibility index (Phi) is 7.76. The van der Waals surface area contributed by atoms with Gasteiger partial charge in [0, 0.05) is 10.9 Å². The van der Waals surface area contributed by atoms with E-state index in [9.17, 15) is 26.9 Å². The van der Waals surface area contributed by atoms with E-state index in [0.29, 0.717) is 32.7 Å². The van der Waals surface area contributed by atoms with Gasteiger partial charge in [-0.1, -0.05) is 23.4 Å². The average molecular weight is 574 g/mol. The molecule has 0 saturated carbocycles. The predicted octanol–water partition coefficient (Wildman–Crippen LogP) is 5.76. The van der Waals surface area contributed by atoms with Crippen LogP contribution < -0.4 is 10.1 Å². The number of rotatable bonds is 9. The van der Waals surface area contributed by atoms with Crippen LogP contribution in [0.3, 0.4) is 0 Å². The average Bonchev–Trinajstić information content (AvgIpc) is 3.58. The standard InChI is InChI=1S/C27H19F4N3O5S/c28-17-7-11-19(12-8-17)40(36)15-21-20-3-1-2-4-22(20)38-23(21)25(35)32-13-14-37-18-9-5-16(6-10-18)24-33-26(39-34-24)27(29,30)31/h1-12H,13-15H2,(H,32,35). The first kappa shape index (κ1) is 27.2. The molecule has 0 saturated heterocycles. The van der Waals surface area contributed by atoms with Crippen molar-refractivity contribution in [1.29, 1.82) is 0 Å². The number of furan rings is 1. The first-order valence-corrected chi connectivity index (χ1v) is 13.1. The fourth-order valence-corrected chi connectivity index (χ4v) is 4.95. The number of hydrogen-bond acceptors (Lipinski definition) is 7. The number of alkyl halides is 3. The van der Waals surface area contributed by atoms with Crippen LogP contribution in [-0.2, 0) is 23.1 Å². The summed E-state index contributed by atoms with van der Waals surface area (Å²) >= 11 is -1.56. The summed E-state index contributed by atoms with van der Waals surface area (Å²) in [7, 11) is 0. The van der Waals surface area contributed by atoms with Crippen molar-refractivity contribution in [2.45, 2.75) is 16.8 Å². The zero-order valence-electron chi connectivity index (χ0n) is 20.4. The molecule has 1 N–H and O–H groups in total. The van der Waals surface area contributed by atoms with Crippen molar-refractivity contribution in [1.82, 2.24) is 15.5 Å². The monoisotopic (exact) mass is 573 g/mol. The highest BCUT2D eigenvalue weighted by Gasteiger charge is 2.38. The van der Waals surface area contributed by atoms with Crippen LogP contribution >= 0.6 is 0 Å². The predicted molar refractivity (Wildman–Crippen MR) is 135 cm³/mol. The summed E-state index contributed by atoms with van der Waals surface area (Å²) in [5.41, 5.74) is 1.22. The van der Waals surface area contributed by atoms with Crippen LogP contribution in [-0.4, -0.2) is 33.8 Å². The lowest BCUT2D eigenvalue weighted by Gasteiger charge is -2.11. The van der Waals surface area contributed by atoms with Crippen LogP contribution in [0.25, 0.3) is 22.4 Å². The fraction of sp³-hybridized carbons (Fsp3) is 0.148. The van der Waals surface area contributed by atoms with Gasteiger partial charge in [-0.05, 0) is 65.8 Å². The minimum Gasteiger partial charge on any atom is -0.611 e. The number of fused-ring (bicyclic) bond motifs is 1. The van der Waals surface area contributed by atoms with Crippen molar-refractivity contribution in [3.8, 4) is 17.1 Å². The maximum Gasteiger partial charge on any atom is 0.471 e. The minimum absolute atomic E-state index is 0.0133. The molecule has 3 aromatic carbocycles. The smallest absolute Gasteiger partial charge is 0.471 e. The van der Waals surface area contributed by atoms with Gasteiger partial charge in [-0.15, -0.1) is 0 Å². The van der Waals surface area contributed by atoms with Crippen LogP contribution in [0.1, 0.15) is 22.0 Å². The molecule has 206 valence electrons. The van der Waals surface area contributed by atoms with Crippen LogP contribution in [0.5, 0.6) is 5.75 Å². The molecule has 0 fully saturated rings. The van der Waals surface area contributed by atoms with Crippen molar-refractivity contribution in [2.24, 2.45) is 0 Å². The van der Waals surface area contributed by atoms with Gasteiger partial charge in [0.2, 0.25) is 11.6 Å². The van der Waals surface area contributed by atoms with E-state index in [-0.39, 0.29) is 30.5 Å². The molecule has 0 aliphatic carbocycles. The Hall–Kier alpha value is -4.36. The number of carbonyl (C=O) groups is 1. The first-order valence-electron chi connectivity index (χ1n) is 11.8. The van der Waals surface area contributed by atoms with Gasteiger partial charge in [0.15, 0.2) is 4.90 Å². The molecular weight excluding hydrogens is 554 g/mol. The molecule has 13 heteroatoms. The zero-order valence-corrected chi connectivity index (χ0v) is 21.2. The van der Waals surface area contributed by atoms with Gasteiger partial charge in [-0.2, -0.15) is 18.2 Å². The van der Waals surface area contributed by atoms with Gasteiger partial charge in [-0.25, -0.2) is 4.39 Å². The number of ether oxygens (including phenoxy) is 1. The fourth-order valence-electron chi connectivity index (χ4n) is 3.80. The highest BCUT2D eigenvalue weighted by atomic mass is 32.2. The van der Waals surface area contributed by atoms with E-state index >= 15 is 0 Å². The summed E-state index contributed by atoms with van der Waals surface area (Å²) < 4.78 is 79.8. The van der Waals surface area contributed by atoms with E-state index in [1.54, 1.807) is 24.3 Å². The lowest BCUT2D eigenvalue weighted by Crippen LogP contribution is -2.28. The molecule has 0 aliphatic heterocycles. The van der Waals surface area contributed by atoms with Gasteiger partial charge < -0.3 is 23.5 Å². The highest BCUT2D eigenvalue weighted by Crippen LogP contribution is 2.31. The quantitative estimate of drug-likeness (QED) is 0.136. The Labute approximate surface area is 227 Å². The van der Waals surface area contributed by atoms with E-state index in [1.807, 2.05) is 0 Å². The van der Waals surface area contributed by atoms with Crippen molar-refractivity contribution >= 4 is 28.1 Å². The maximum atomic E-state index is 13.3. The molecule has 1 amide bonds. The first-order chi connectivity index (χ1) is 19.2. The second-order valence-corrected chi connectivity index (χ2v) is 9.85. The number of benzene rings is 3. The molecular formula is C27H19F4N3O5S. The summed E-state index contributed by atoms with van der Waals surface area (Å²) in [5.74, 6) is -2.23. The SMILES string of the molecule is O=C(NCCOc1ccc(-c2noc(C(F)(F)F)n2)cc1)c1oc2ccccc2c1C[S+]([O-])c1ccc(F)cc1. The third kappa shape index (κ3) is 6.10. The van der Waals surface area contributed by atoms with E-state index < -0.39 is 35.0 Å². The van der Waals surface area contributed by atoms with Crippen molar-refractivity contribution < 1.29 is 40.6 Å². The Morgan fingerprint density at radius 3 is 2.45 bits per heavy atom. The van der Waals surface area contributed by atoms with E-state index in [4.69, 9.17) is 9.15 Å². The van der Waals surface area contributed by atoms with Crippen LogP contribution in [0.15, 0.2) is 86.6 Å². The summed E-state index contributed by atoms with van der Waals surface area (Å²) in [6.07, 6.45) is -4.73. The number of hydrogen-bond donors (Lipinski definition) is 1. The number of carbonyl (C=O) groups excluding carboxylic acids is 1. The van der Waals surface area contributed by atoms with Crippen LogP contribution in [0, 0.1) is 5.82 Å². The second kappa shape index (κ2) is 11.4. The number of amides is 1. The molecule has 5 rings (SSSR count). The van der Waals surface area contributed by atoms with Gasteiger partial charge in [0.25, 0.3) is 5.91 Å². The second-order valence-electron chi connectivity index (χ2n) is 8.40. The summed E-state index contributed by atoms with van der Waals surface area (Å²) in [6, 6.07) is 18.3. The Bertz CT molecular complexity index is 1620. The molecule has 0 radical (unpaired) electrons. The number of aromatic nitrogens is 2. The third-order valence-electron chi connectivity index (χ3n) is 5.69. The number of para-hydroxylation sites is 1. The normalized spacial score (nSPS) is 12.4. The van der Waals surface area contributed by atoms with E-state index in [1.165, 1.54) is 48.5 Å². The topological polar surface area (TPSA) is 113 Å². The third-order valence-corrected chi connectivity index (χ3v) is 7.04. The van der Waals surface area contributed by atoms with Crippen molar-refractivity contribution in [3.05, 3.63) is 95.8 Å². The molecule has 2 heterocycles. The lowest BCUT2D eigenvalue weighted by molar-refractivity contribution is -0.159. The summed E-state index contributed by atoms with van der Waals surface area (Å²) in [4.78, 5) is 16.7. The Balaban J connectivity index is 1.20. The van der Waals surface area contributed by atoms with Gasteiger partial charge in [-0.3, -0.25) is 4.79 Å². The lowest BCUT2D eigenvalue weighted by atomic mass is 10.1. The molecule has 8 nitrogen and oxygen atoms in total. The minimum atomic E-state index is -4.73. The molecule has 1 atom stereocenters. The Morgan fingerprint density at radius 1 is 1.02 bits per heavy atom. The highest BCUT2D eigenvalue weighted by molar-refractivity contribution is 7.90. The zero-order chi connectivity index (χ0) is 28.3.